The van der Waals surface area contributed by atoms with E-state index in [1.807, 2.05) is 28.9 Å². The Balaban J connectivity index is 1.79. The SMILES string of the molecule is CCCCCCNCn1nnc2ccccc21. The van der Waals surface area contributed by atoms with Gasteiger partial charge in [-0.1, -0.05) is 43.5 Å². The Morgan fingerprint density at radius 2 is 2.06 bits per heavy atom. The summed E-state index contributed by atoms with van der Waals surface area (Å²) in [6.07, 6.45) is 5.16. The van der Waals surface area contributed by atoms with Crippen LogP contribution in [0.1, 0.15) is 32.6 Å². The van der Waals surface area contributed by atoms with E-state index in [0.29, 0.717) is 0 Å². The predicted octanol–water partition coefficient (Wildman–Crippen LogP) is 2.56. The molecule has 1 heterocycles. The molecular formula is C13H20N4. The third-order valence-electron chi connectivity index (χ3n) is 2.89. The number of fused-ring (bicyclic) bond motifs is 1. The molecule has 92 valence electrons. The van der Waals surface area contributed by atoms with Gasteiger partial charge in [-0.3, -0.25) is 5.32 Å². The molecule has 0 saturated heterocycles. The lowest BCUT2D eigenvalue weighted by Crippen LogP contribution is -2.20. The van der Waals surface area contributed by atoms with Crippen LogP contribution in [0.4, 0.5) is 0 Å². The first kappa shape index (κ1) is 12.0. The van der Waals surface area contributed by atoms with Gasteiger partial charge in [0.25, 0.3) is 0 Å². The second-order valence-corrected chi connectivity index (χ2v) is 4.30. The van der Waals surface area contributed by atoms with E-state index in [1.54, 1.807) is 0 Å². The van der Waals surface area contributed by atoms with Crippen molar-refractivity contribution in [2.24, 2.45) is 0 Å². The van der Waals surface area contributed by atoms with Crippen LogP contribution < -0.4 is 5.32 Å². The number of hydrogen-bond acceptors (Lipinski definition) is 3. The fraction of sp³-hybridized carbons (Fsp3) is 0.538. The standard InChI is InChI=1S/C13H20N4/c1-2-3-4-7-10-14-11-17-13-9-6-5-8-12(13)15-16-17/h5-6,8-9,14H,2-4,7,10-11H2,1H3. The zero-order valence-electron chi connectivity index (χ0n) is 10.4. The van der Waals surface area contributed by atoms with E-state index in [1.165, 1.54) is 25.7 Å². The Morgan fingerprint density at radius 3 is 2.94 bits per heavy atom. The second kappa shape index (κ2) is 6.35. The molecule has 1 N–H and O–H groups in total. The van der Waals surface area contributed by atoms with Crippen LogP contribution >= 0.6 is 0 Å². The summed E-state index contributed by atoms with van der Waals surface area (Å²) >= 11 is 0. The maximum atomic E-state index is 4.13. The first-order valence-corrected chi connectivity index (χ1v) is 6.41. The number of unbranched alkanes of at least 4 members (excludes halogenated alkanes) is 3. The molecule has 0 aliphatic carbocycles. The highest BCUT2D eigenvalue weighted by atomic mass is 15.4. The lowest BCUT2D eigenvalue weighted by atomic mass is 10.2. The van der Waals surface area contributed by atoms with E-state index in [2.05, 4.69) is 22.6 Å². The molecule has 1 aromatic carbocycles. The van der Waals surface area contributed by atoms with E-state index < -0.39 is 0 Å². The Morgan fingerprint density at radius 1 is 1.18 bits per heavy atom. The third-order valence-corrected chi connectivity index (χ3v) is 2.89. The maximum Gasteiger partial charge on any atom is 0.113 e. The summed E-state index contributed by atoms with van der Waals surface area (Å²) in [5.41, 5.74) is 2.05. The largest absolute Gasteiger partial charge is 0.298 e. The lowest BCUT2D eigenvalue weighted by Gasteiger charge is -2.04. The topological polar surface area (TPSA) is 42.7 Å². The fourth-order valence-corrected chi connectivity index (χ4v) is 1.90. The molecule has 0 fully saturated rings. The highest BCUT2D eigenvalue weighted by Crippen LogP contribution is 2.08. The molecule has 0 spiro atoms. The normalized spacial score (nSPS) is 11.1. The van der Waals surface area contributed by atoms with Crippen molar-refractivity contribution in [3.63, 3.8) is 0 Å². The summed E-state index contributed by atoms with van der Waals surface area (Å²) in [5.74, 6) is 0. The molecule has 2 aromatic rings. The van der Waals surface area contributed by atoms with Crippen molar-refractivity contribution >= 4 is 11.0 Å². The van der Waals surface area contributed by atoms with Crippen LogP contribution in [0, 0.1) is 0 Å². The summed E-state index contributed by atoms with van der Waals surface area (Å²) in [5, 5.41) is 11.7. The van der Waals surface area contributed by atoms with Crippen molar-refractivity contribution in [2.75, 3.05) is 6.54 Å². The number of rotatable bonds is 7. The molecule has 0 aliphatic rings. The molecule has 1 aromatic heterocycles. The van der Waals surface area contributed by atoms with Gasteiger partial charge in [0.2, 0.25) is 0 Å². The van der Waals surface area contributed by atoms with Crippen molar-refractivity contribution in [3.05, 3.63) is 24.3 Å². The highest BCUT2D eigenvalue weighted by Gasteiger charge is 2.01. The monoisotopic (exact) mass is 232 g/mol. The second-order valence-electron chi connectivity index (χ2n) is 4.30. The van der Waals surface area contributed by atoms with Crippen LogP contribution in [0.25, 0.3) is 11.0 Å². The van der Waals surface area contributed by atoms with Gasteiger partial charge >= 0.3 is 0 Å². The van der Waals surface area contributed by atoms with Crippen LogP contribution in [0.5, 0.6) is 0 Å². The Labute approximate surface area is 102 Å². The van der Waals surface area contributed by atoms with Gasteiger partial charge < -0.3 is 0 Å². The van der Waals surface area contributed by atoms with Crippen LogP contribution in [-0.4, -0.2) is 21.5 Å². The number of hydrogen-bond donors (Lipinski definition) is 1. The van der Waals surface area contributed by atoms with Crippen LogP contribution in [0.3, 0.4) is 0 Å². The average Bonchev–Trinajstić information content (AvgIpc) is 2.77. The van der Waals surface area contributed by atoms with E-state index in [4.69, 9.17) is 0 Å². The Kier molecular flexibility index (Phi) is 4.50. The molecule has 0 atom stereocenters. The average molecular weight is 232 g/mol. The summed E-state index contributed by atoms with van der Waals surface area (Å²) < 4.78 is 1.91. The predicted molar refractivity (Wildman–Crippen MR) is 69.7 cm³/mol. The van der Waals surface area contributed by atoms with Crippen LogP contribution in [-0.2, 0) is 6.67 Å². The van der Waals surface area contributed by atoms with Crippen molar-refractivity contribution in [2.45, 2.75) is 39.3 Å². The highest BCUT2D eigenvalue weighted by molar-refractivity contribution is 5.73. The summed E-state index contributed by atoms with van der Waals surface area (Å²) in [4.78, 5) is 0. The molecule has 0 unspecified atom stereocenters. The van der Waals surface area contributed by atoms with Gasteiger partial charge in [-0.05, 0) is 25.1 Å². The summed E-state index contributed by atoms with van der Waals surface area (Å²) in [6.45, 7) is 4.02. The lowest BCUT2D eigenvalue weighted by molar-refractivity contribution is 0.494. The van der Waals surface area contributed by atoms with Crippen molar-refractivity contribution in [1.82, 2.24) is 20.3 Å². The molecule has 4 heteroatoms. The van der Waals surface area contributed by atoms with Crippen molar-refractivity contribution in [1.29, 1.82) is 0 Å². The van der Waals surface area contributed by atoms with Crippen LogP contribution in [0.2, 0.25) is 0 Å². The molecule has 4 nitrogen and oxygen atoms in total. The molecule has 0 bridgehead atoms. The Bertz CT molecular complexity index is 449. The zero-order chi connectivity index (χ0) is 11.9. The minimum Gasteiger partial charge on any atom is -0.298 e. The van der Waals surface area contributed by atoms with Gasteiger partial charge in [-0.15, -0.1) is 5.10 Å². The molecule has 0 saturated carbocycles. The smallest absolute Gasteiger partial charge is 0.113 e. The molecule has 0 aliphatic heterocycles. The maximum absolute atomic E-state index is 4.13. The van der Waals surface area contributed by atoms with Crippen molar-refractivity contribution < 1.29 is 0 Å². The summed E-state index contributed by atoms with van der Waals surface area (Å²) in [6, 6.07) is 8.04. The fourth-order valence-electron chi connectivity index (χ4n) is 1.90. The molecule has 0 radical (unpaired) electrons. The molecule has 0 amide bonds. The molecule has 17 heavy (non-hydrogen) atoms. The van der Waals surface area contributed by atoms with Crippen molar-refractivity contribution in [3.8, 4) is 0 Å². The number of aromatic nitrogens is 3. The Hall–Kier alpha value is -1.42. The number of nitrogens with one attached hydrogen (secondary N) is 1. The number of nitrogens with zero attached hydrogens (tertiary/aromatic N) is 3. The van der Waals surface area contributed by atoms with Crippen LogP contribution in [0.15, 0.2) is 24.3 Å². The minimum absolute atomic E-state index is 0.743. The number of benzene rings is 1. The van der Waals surface area contributed by atoms with Gasteiger partial charge in [0.05, 0.1) is 12.2 Å². The van der Waals surface area contributed by atoms with E-state index >= 15 is 0 Å². The van der Waals surface area contributed by atoms with Gasteiger partial charge in [0, 0.05) is 0 Å². The first-order valence-electron chi connectivity index (χ1n) is 6.41. The van der Waals surface area contributed by atoms with E-state index in [-0.39, 0.29) is 0 Å². The number of para-hydroxylation sites is 1. The molecular weight excluding hydrogens is 212 g/mol. The van der Waals surface area contributed by atoms with Gasteiger partial charge in [-0.2, -0.15) is 0 Å². The first-order chi connectivity index (χ1) is 8.42. The van der Waals surface area contributed by atoms with Gasteiger partial charge in [0.15, 0.2) is 0 Å². The minimum atomic E-state index is 0.743. The van der Waals surface area contributed by atoms with E-state index in [9.17, 15) is 0 Å². The summed E-state index contributed by atoms with van der Waals surface area (Å²) in [7, 11) is 0. The zero-order valence-corrected chi connectivity index (χ0v) is 10.4. The third kappa shape index (κ3) is 3.27. The molecule has 2 rings (SSSR count). The van der Waals surface area contributed by atoms with E-state index in [0.717, 1.165) is 24.2 Å². The van der Waals surface area contributed by atoms with Gasteiger partial charge in [-0.25, -0.2) is 4.68 Å². The van der Waals surface area contributed by atoms with Gasteiger partial charge in [0.1, 0.15) is 5.52 Å². The quantitative estimate of drug-likeness (QED) is 0.746.